The molecule has 2 aliphatic carbocycles. The van der Waals surface area contributed by atoms with Crippen molar-refractivity contribution in [3.63, 3.8) is 0 Å². The average molecular weight is 210 g/mol. The molecule has 2 saturated carbocycles. The van der Waals surface area contributed by atoms with E-state index in [2.05, 4.69) is 10.2 Å². The van der Waals surface area contributed by atoms with Crippen LogP contribution in [0.1, 0.15) is 32.1 Å². The first-order chi connectivity index (χ1) is 7.35. The van der Waals surface area contributed by atoms with Crippen molar-refractivity contribution < 1.29 is 4.74 Å². The lowest BCUT2D eigenvalue weighted by Gasteiger charge is -2.36. The Balaban J connectivity index is 1.38. The van der Waals surface area contributed by atoms with Crippen molar-refractivity contribution >= 4 is 0 Å². The second kappa shape index (κ2) is 4.04. The number of nitrogens with zero attached hydrogens (tertiary/aromatic N) is 1. The molecule has 1 aliphatic heterocycles. The van der Waals surface area contributed by atoms with Crippen LogP contribution in [0.2, 0.25) is 0 Å². The number of ether oxygens (including phenoxy) is 1. The van der Waals surface area contributed by atoms with Crippen LogP contribution in [0.15, 0.2) is 0 Å². The van der Waals surface area contributed by atoms with Gasteiger partial charge in [0.25, 0.3) is 0 Å². The lowest BCUT2D eigenvalue weighted by molar-refractivity contribution is 0.0145. The Bertz CT molecular complexity index is 224. The molecule has 3 heteroatoms. The monoisotopic (exact) mass is 210 g/mol. The quantitative estimate of drug-likeness (QED) is 0.749. The maximum Gasteiger partial charge on any atom is 0.0601 e. The molecule has 0 spiro atoms. The molecule has 1 saturated heterocycles. The minimum atomic E-state index is 0.531. The van der Waals surface area contributed by atoms with Gasteiger partial charge in [0.1, 0.15) is 0 Å². The van der Waals surface area contributed by atoms with Crippen molar-refractivity contribution in [1.82, 2.24) is 10.2 Å². The summed E-state index contributed by atoms with van der Waals surface area (Å²) in [6, 6.07) is 2.44. The molecule has 1 N–H and O–H groups in total. The van der Waals surface area contributed by atoms with E-state index in [0.29, 0.717) is 6.10 Å². The molecule has 3 nitrogen and oxygen atoms in total. The van der Waals surface area contributed by atoms with Crippen molar-refractivity contribution in [2.24, 2.45) is 0 Å². The smallest absolute Gasteiger partial charge is 0.0601 e. The van der Waals surface area contributed by atoms with E-state index in [1.54, 1.807) is 0 Å². The summed E-state index contributed by atoms with van der Waals surface area (Å²) in [4.78, 5) is 2.67. The highest BCUT2D eigenvalue weighted by atomic mass is 16.5. The Hall–Kier alpha value is -0.120. The number of nitrogens with one attached hydrogen (secondary N) is 1. The fourth-order valence-corrected chi connectivity index (χ4v) is 2.92. The predicted molar refractivity (Wildman–Crippen MR) is 60.0 cm³/mol. The van der Waals surface area contributed by atoms with Gasteiger partial charge >= 0.3 is 0 Å². The molecule has 0 aromatic rings. The van der Waals surface area contributed by atoms with Crippen LogP contribution in [0.25, 0.3) is 0 Å². The molecule has 86 valence electrons. The Labute approximate surface area is 92.2 Å². The minimum Gasteiger partial charge on any atom is -0.381 e. The Kier molecular flexibility index (Phi) is 2.71. The normalized spacial score (nSPS) is 41.8. The summed E-state index contributed by atoms with van der Waals surface area (Å²) in [6.07, 6.45) is 7.21. The lowest BCUT2D eigenvalue weighted by Crippen LogP contribution is -2.49. The minimum absolute atomic E-state index is 0.531. The zero-order valence-electron chi connectivity index (χ0n) is 9.61. The van der Waals surface area contributed by atoms with Crippen LogP contribution in [0.5, 0.6) is 0 Å². The topological polar surface area (TPSA) is 24.5 Å². The highest BCUT2D eigenvalue weighted by Gasteiger charge is 2.37. The second-order valence-electron chi connectivity index (χ2n) is 5.40. The van der Waals surface area contributed by atoms with Gasteiger partial charge < -0.3 is 10.1 Å². The Morgan fingerprint density at radius 3 is 2.60 bits per heavy atom. The molecule has 1 atom stereocenters. The zero-order chi connectivity index (χ0) is 10.3. The average Bonchev–Trinajstić information content (AvgIpc) is 2.92. The van der Waals surface area contributed by atoms with Crippen molar-refractivity contribution in [1.29, 1.82) is 0 Å². The molecular weight excluding hydrogens is 188 g/mol. The number of methoxy groups -OCH3 is 1. The highest BCUT2D eigenvalue weighted by molar-refractivity contribution is 4.95. The summed E-state index contributed by atoms with van der Waals surface area (Å²) in [5.41, 5.74) is 0. The summed E-state index contributed by atoms with van der Waals surface area (Å²) in [5.74, 6) is 0. The fourth-order valence-electron chi connectivity index (χ4n) is 2.92. The van der Waals surface area contributed by atoms with Crippen molar-refractivity contribution in [2.75, 3.05) is 20.2 Å². The maximum atomic E-state index is 5.30. The first kappa shape index (κ1) is 10.1. The van der Waals surface area contributed by atoms with Crippen LogP contribution in [0, 0.1) is 0 Å². The lowest BCUT2D eigenvalue weighted by atomic mass is 9.88. The van der Waals surface area contributed by atoms with E-state index in [1.165, 1.54) is 45.2 Å². The van der Waals surface area contributed by atoms with Crippen molar-refractivity contribution in [3.8, 4) is 0 Å². The van der Waals surface area contributed by atoms with E-state index >= 15 is 0 Å². The van der Waals surface area contributed by atoms with Crippen LogP contribution < -0.4 is 5.32 Å². The summed E-state index contributed by atoms with van der Waals surface area (Å²) < 4.78 is 5.30. The summed E-state index contributed by atoms with van der Waals surface area (Å²) in [6.45, 7) is 2.61. The molecular formula is C12H22N2O. The third-order valence-corrected chi connectivity index (χ3v) is 4.18. The Morgan fingerprint density at radius 1 is 1.13 bits per heavy atom. The summed E-state index contributed by atoms with van der Waals surface area (Å²) in [5, 5.41) is 3.77. The van der Waals surface area contributed by atoms with Gasteiger partial charge in [-0.15, -0.1) is 0 Å². The molecule has 0 amide bonds. The molecule has 3 rings (SSSR count). The first-order valence-electron chi connectivity index (χ1n) is 6.38. The van der Waals surface area contributed by atoms with E-state index in [0.717, 1.165) is 18.1 Å². The first-order valence-corrected chi connectivity index (χ1v) is 6.38. The maximum absolute atomic E-state index is 5.30. The predicted octanol–water partition coefficient (Wildman–Crippen LogP) is 0.990. The molecule has 3 fully saturated rings. The van der Waals surface area contributed by atoms with E-state index in [1.807, 2.05) is 7.11 Å². The SMILES string of the molecule is COC1CC(NC2CCN(C3CC3)C2)C1. The molecule has 0 radical (unpaired) electrons. The van der Waals surface area contributed by atoms with E-state index in [4.69, 9.17) is 4.74 Å². The van der Waals surface area contributed by atoms with Crippen LogP contribution in [0.3, 0.4) is 0 Å². The molecule has 0 aromatic heterocycles. The van der Waals surface area contributed by atoms with Crippen LogP contribution in [-0.2, 0) is 4.74 Å². The molecule has 3 aliphatic rings. The van der Waals surface area contributed by atoms with Gasteiger partial charge in [0.15, 0.2) is 0 Å². The van der Waals surface area contributed by atoms with Crippen LogP contribution in [-0.4, -0.2) is 49.3 Å². The third-order valence-electron chi connectivity index (χ3n) is 4.18. The van der Waals surface area contributed by atoms with E-state index in [-0.39, 0.29) is 0 Å². The van der Waals surface area contributed by atoms with Gasteiger partial charge in [-0.25, -0.2) is 0 Å². The fraction of sp³-hybridized carbons (Fsp3) is 1.00. The van der Waals surface area contributed by atoms with Crippen molar-refractivity contribution in [2.45, 2.75) is 56.3 Å². The van der Waals surface area contributed by atoms with E-state index < -0.39 is 0 Å². The van der Waals surface area contributed by atoms with Gasteiger partial charge in [0.2, 0.25) is 0 Å². The zero-order valence-corrected chi connectivity index (χ0v) is 9.61. The highest BCUT2D eigenvalue weighted by Crippen LogP contribution is 2.31. The van der Waals surface area contributed by atoms with Crippen molar-refractivity contribution in [3.05, 3.63) is 0 Å². The standard InChI is InChI=1S/C12H22N2O/c1-15-12-6-10(7-12)13-9-4-5-14(8-9)11-2-3-11/h9-13H,2-8H2,1H3. The van der Waals surface area contributed by atoms with Gasteiger partial charge in [0, 0.05) is 38.3 Å². The van der Waals surface area contributed by atoms with Gasteiger partial charge in [-0.3, -0.25) is 4.90 Å². The van der Waals surface area contributed by atoms with Gasteiger partial charge in [-0.1, -0.05) is 0 Å². The number of likely N-dealkylation sites (tertiary alicyclic amines) is 1. The van der Waals surface area contributed by atoms with Gasteiger partial charge in [-0.05, 0) is 32.1 Å². The Morgan fingerprint density at radius 2 is 1.93 bits per heavy atom. The number of hydrogen-bond donors (Lipinski definition) is 1. The van der Waals surface area contributed by atoms with Crippen LogP contribution in [0.4, 0.5) is 0 Å². The van der Waals surface area contributed by atoms with Gasteiger partial charge in [0.05, 0.1) is 6.10 Å². The second-order valence-corrected chi connectivity index (χ2v) is 5.40. The molecule has 0 bridgehead atoms. The molecule has 1 unspecified atom stereocenters. The molecule has 0 aromatic carbocycles. The summed E-state index contributed by atoms with van der Waals surface area (Å²) in [7, 11) is 1.82. The third kappa shape index (κ3) is 2.19. The largest absolute Gasteiger partial charge is 0.381 e. The molecule has 15 heavy (non-hydrogen) atoms. The number of hydrogen-bond acceptors (Lipinski definition) is 3. The number of rotatable bonds is 4. The summed E-state index contributed by atoms with van der Waals surface area (Å²) >= 11 is 0. The van der Waals surface area contributed by atoms with Crippen LogP contribution >= 0.6 is 0 Å². The van der Waals surface area contributed by atoms with Gasteiger partial charge in [-0.2, -0.15) is 0 Å². The van der Waals surface area contributed by atoms with E-state index in [9.17, 15) is 0 Å². The molecule has 1 heterocycles.